The molecule has 4 nitrogen and oxygen atoms in total. The third kappa shape index (κ3) is 1.00. The molecule has 0 aromatic heterocycles. The summed E-state index contributed by atoms with van der Waals surface area (Å²) in [5.41, 5.74) is 6.84. The largest absolute Gasteiger partial charge is 0.384 e. The molecular formula is C7H10N4. The molecule has 0 aliphatic carbocycles. The Morgan fingerprint density at radius 1 is 1.64 bits per heavy atom. The minimum atomic E-state index is 0.289. The summed E-state index contributed by atoms with van der Waals surface area (Å²) < 4.78 is 0. The van der Waals surface area contributed by atoms with E-state index in [0.717, 1.165) is 13.0 Å². The van der Waals surface area contributed by atoms with Gasteiger partial charge in [0.2, 0.25) is 0 Å². The van der Waals surface area contributed by atoms with E-state index in [9.17, 15) is 0 Å². The zero-order chi connectivity index (χ0) is 7.68. The second-order valence-corrected chi connectivity index (χ2v) is 2.64. The SMILES string of the molecule is NC1=C2CC=NCC2NC=N1. The lowest BCUT2D eigenvalue weighted by Gasteiger charge is -2.24. The number of fused-ring (bicyclic) bond motifs is 1. The first-order valence-electron chi connectivity index (χ1n) is 3.63. The van der Waals surface area contributed by atoms with Crippen LogP contribution in [0.2, 0.25) is 0 Å². The van der Waals surface area contributed by atoms with E-state index >= 15 is 0 Å². The molecule has 0 aromatic rings. The Morgan fingerprint density at radius 3 is 3.36 bits per heavy atom. The maximum atomic E-state index is 5.67. The fourth-order valence-electron chi connectivity index (χ4n) is 1.31. The van der Waals surface area contributed by atoms with Gasteiger partial charge in [0.1, 0.15) is 5.82 Å². The van der Waals surface area contributed by atoms with Crippen molar-refractivity contribution in [1.82, 2.24) is 5.32 Å². The molecule has 1 atom stereocenters. The smallest absolute Gasteiger partial charge is 0.126 e. The van der Waals surface area contributed by atoms with Gasteiger partial charge in [0.15, 0.2) is 0 Å². The Balaban J connectivity index is 2.33. The van der Waals surface area contributed by atoms with Crippen molar-refractivity contribution in [3.8, 4) is 0 Å². The van der Waals surface area contributed by atoms with Crippen molar-refractivity contribution in [2.75, 3.05) is 6.54 Å². The monoisotopic (exact) mass is 150 g/mol. The van der Waals surface area contributed by atoms with Crippen LogP contribution in [0.5, 0.6) is 0 Å². The molecule has 0 amide bonds. The van der Waals surface area contributed by atoms with Crippen molar-refractivity contribution < 1.29 is 0 Å². The molecule has 2 aliphatic rings. The van der Waals surface area contributed by atoms with Gasteiger partial charge in [-0.05, 0) is 0 Å². The summed E-state index contributed by atoms with van der Waals surface area (Å²) in [6.07, 6.45) is 4.37. The third-order valence-corrected chi connectivity index (χ3v) is 1.96. The van der Waals surface area contributed by atoms with E-state index in [4.69, 9.17) is 5.73 Å². The van der Waals surface area contributed by atoms with Gasteiger partial charge in [-0.15, -0.1) is 0 Å². The Labute approximate surface area is 64.9 Å². The van der Waals surface area contributed by atoms with E-state index in [2.05, 4.69) is 15.3 Å². The minimum absolute atomic E-state index is 0.289. The van der Waals surface area contributed by atoms with E-state index in [0.29, 0.717) is 5.82 Å². The van der Waals surface area contributed by atoms with Crippen LogP contribution >= 0.6 is 0 Å². The molecule has 0 spiro atoms. The van der Waals surface area contributed by atoms with E-state index in [1.54, 1.807) is 6.34 Å². The van der Waals surface area contributed by atoms with Crippen molar-refractivity contribution in [2.45, 2.75) is 12.5 Å². The number of rotatable bonds is 0. The molecule has 4 heteroatoms. The predicted molar refractivity (Wildman–Crippen MR) is 44.6 cm³/mol. The number of nitrogens with zero attached hydrogens (tertiary/aromatic N) is 2. The van der Waals surface area contributed by atoms with Crippen molar-refractivity contribution in [1.29, 1.82) is 0 Å². The van der Waals surface area contributed by atoms with Gasteiger partial charge < -0.3 is 11.1 Å². The summed E-state index contributed by atoms with van der Waals surface area (Å²) in [4.78, 5) is 8.13. The summed E-state index contributed by atoms with van der Waals surface area (Å²) in [5, 5.41) is 3.11. The standard InChI is InChI=1S/C7H10N4/c8-7-5-1-2-9-3-6(5)10-4-11-7/h2,4,6H,1,3,8H2,(H,10,11). The van der Waals surface area contributed by atoms with Gasteiger partial charge in [0.25, 0.3) is 0 Å². The van der Waals surface area contributed by atoms with E-state index in [-0.39, 0.29) is 6.04 Å². The van der Waals surface area contributed by atoms with Crippen molar-refractivity contribution >= 4 is 12.6 Å². The first-order chi connectivity index (χ1) is 5.38. The lowest BCUT2D eigenvalue weighted by Crippen LogP contribution is -2.39. The molecule has 1 unspecified atom stereocenters. The van der Waals surface area contributed by atoms with Gasteiger partial charge in [-0.25, -0.2) is 4.99 Å². The summed E-state index contributed by atoms with van der Waals surface area (Å²) in [5.74, 6) is 0.653. The maximum absolute atomic E-state index is 5.67. The fourth-order valence-corrected chi connectivity index (χ4v) is 1.31. The van der Waals surface area contributed by atoms with Crippen LogP contribution < -0.4 is 11.1 Å². The number of hydrogen-bond acceptors (Lipinski definition) is 4. The third-order valence-electron chi connectivity index (χ3n) is 1.96. The molecule has 0 fully saturated rings. The second-order valence-electron chi connectivity index (χ2n) is 2.64. The molecule has 2 rings (SSSR count). The number of hydrogen-bond donors (Lipinski definition) is 2. The minimum Gasteiger partial charge on any atom is -0.384 e. The van der Waals surface area contributed by atoms with Gasteiger partial charge >= 0.3 is 0 Å². The highest BCUT2D eigenvalue weighted by Crippen LogP contribution is 2.16. The second kappa shape index (κ2) is 2.38. The molecule has 0 saturated carbocycles. The Bertz CT molecular complexity index is 251. The Hall–Kier alpha value is -1.32. The first-order valence-corrected chi connectivity index (χ1v) is 3.63. The molecule has 0 bridgehead atoms. The van der Waals surface area contributed by atoms with Crippen LogP contribution in [0.1, 0.15) is 6.42 Å². The molecule has 0 radical (unpaired) electrons. The predicted octanol–water partition coefficient (Wildman–Crippen LogP) is -0.369. The van der Waals surface area contributed by atoms with Crippen LogP contribution in [0.4, 0.5) is 0 Å². The quantitative estimate of drug-likeness (QED) is 0.495. The lowest BCUT2D eigenvalue weighted by atomic mass is 10.0. The molecule has 11 heavy (non-hydrogen) atoms. The van der Waals surface area contributed by atoms with Crippen molar-refractivity contribution in [2.24, 2.45) is 15.7 Å². The van der Waals surface area contributed by atoms with Crippen molar-refractivity contribution in [3.63, 3.8) is 0 Å². The van der Waals surface area contributed by atoms with Gasteiger partial charge in [-0.1, -0.05) is 0 Å². The van der Waals surface area contributed by atoms with E-state index < -0.39 is 0 Å². The zero-order valence-corrected chi connectivity index (χ0v) is 6.12. The normalized spacial score (nSPS) is 28.2. The Kier molecular flexibility index (Phi) is 1.38. The van der Waals surface area contributed by atoms with Crippen LogP contribution in [0.25, 0.3) is 0 Å². The number of nitrogens with two attached hydrogens (primary N) is 1. The molecular weight excluding hydrogens is 140 g/mol. The lowest BCUT2D eigenvalue weighted by molar-refractivity contribution is 0.661. The average Bonchev–Trinajstić information content (AvgIpc) is 2.06. The van der Waals surface area contributed by atoms with Crippen LogP contribution in [-0.2, 0) is 0 Å². The molecule has 0 saturated heterocycles. The maximum Gasteiger partial charge on any atom is 0.126 e. The summed E-state index contributed by atoms with van der Waals surface area (Å²) >= 11 is 0. The highest BCUT2D eigenvalue weighted by Gasteiger charge is 2.20. The number of aliphatic imine (C=N–C) groups is 2. The van der Waals surface area contributed by atoms with Crippen molar-refractivity contribution in [3.05, 3.63) is 11.4 Å². The summed E-state index contributed by atoms with van der Waals surface area (Å²) in [6, 6.07) is 0.289. The molecule has 3 N–H and O–H groups in total. The topological polar surface area (TPSA) is 62.8 Å². The molecule has 0 aromatic carbocycles. The first kappa shape index (κ1) is 6.39. The van der Waals surface area contributed by atoms with Gasteiger partial charge in [-0.2, -0.15) is 0 Å². The molecule has 58 valence electrons. The van der Waals surface area contributed by atoms with Gasteiger partial charge in [0.05, 0.1) is 18.9 Å². The van der Waals surface area contributed by atoms with Crippen LogP contribution in [0.15, 0.2) is 21.4 Å². The summed E-state index contributed by atoms with van der Waals surface area (Å²) in [6.45, 7) is 0.780. The van der Waals surface area contributed by atoms with Crippen LogP contribution in [0, 0.1) is 0 Å². The fraction of sp³-hybridized carbons (Fsp3) is 0.429. The average molecular weight is 150 g/mol. The summed E-state index contributed by atoms with van der Waals surface area (Å²) in [7, 11) is 0. The van der Waals surface area contributed by atoms with E-state index in [1.165, 1.54) is 5.57 Å². The van der Waals surface area contributed by atoms with Gasteiger partial charge in [-0.3, -0.25) is 4.99 Å². The van der Waals surface area contributed by atoms with Crippen LogP contribution in [0.3, 0.4) is 0 Å². The molecule has 2 heterocycles. The van der Waals surface area contributed by atoms with Crippen LogP contribution in [-0.4, -0.2) is 25.1 Å². The van der Waals surface area contributed by atoms with Gasteiger partial charge in [0, 0.05) is 18.2 Å². The highest BCUT2D eigenvalue weighted by atomic mass is 15.1. The zero-order valence-electron chi connectivity index (χ0n) is 6.12. The molecule has 2 aliphatic heterocycles. The Morgan fingerprint density at radius 2 is 2.55 bits per heavy atom. The highest BCUT2D eigenvalue weighted by molar-refractivity contribution is 5.68. The van der Waals surface area contributed by atoms with E-state index in [1.807, 2.05) is 6.21 Å². The number of nitrogens with one attached hydrogen (secondary N) is 1.